The molecule has 1 aromatic heterocycles. The van der Waals surface area contributed by atoms with Gasteiger partial charge in [-0.15, -0.1) is 0 Å². The van der Waals surface area contributed by atoms with Crippen molar-refractivity contribution in [1.82, 2.24) is 4.98 Å². The number of aliphatic hydroxyl groups excluding tert-OH is 1. The molecule has 1 amide bonds. The molecule has 226 valence electrons. The van der Waals surface area contributed by atoms with E-state index in [0.29, 0.717) is 41.5 Å². The van der Waals surface area contributed by atoms with E-state index < -0.39 is 23.7 Å². The van der Waals surface area contributed by atoms with Crippen LogP contribution in [0.15, 0.2) is 66.8 Å². The van der Waals surface area contributed by atoms with Crippen molar-refractivity contribution in [3.8, 4) is 11.5 Å². The van der Waals surface area contributed by atoms with Crippen molar-refractivity contribution in [2.24, 2.45) is 0 Å². The van der Waals surface area contributed by atoms with E-state index in [9.17, 15) is 19.5 Å². The third kappa shape index (κ3) is 7.14. The van der Waals surface area contributed by atoms with E-state index in [0.717, 1.165) is 37.0 Å². The largest absolute Gasteiger partial charge is 0.507 e. The van der Waals surface area contributed by atoms with Crippen molar-refractivity contribution in [1.29, 1.82) is 0 Å². The molecule has 0 spiro atoms. The van der Waals surface area contributed by atoms with Gasteiger partial charge in [-0.05, 0) is 49.6 Å². The van der Waals surface area contributed by atoms with Gasteiger partial charge < -0.3 is 19.3 Å². The summed E-state index contributed by atoms with van der Waals surface area (Å²) in [5.74, 6) is -1.51. The molecule has 3 aromatic rings. The Balaban J connectivity index is 1.79. The van der Waals surface area contributed by atoms with Gasteiger partial charge in [0.2, 0.25) is 0 Å². The second-order valence-electron chi connectivity index (χ2n) is 9.97. The number of aliphatic hydroxyl groups is 1. The molecule has 1 N–H and O–H groups in total. The molecule has 1 aliphatic rings. The monoisotopic (exact) mass is 604 g/mol. The molecule has 0 saturated carbocycles. The maximum absolute atomic E-state index is 13.6. The summed E-state index contributed by atoms with van der Waals surface area (Å²) >= 11 is 0.943. The minimum absolute atomic E-state index is 0.0178. The summed E-state index contributed by atoms with van der Waals surface area (Å²) in [6.45, 7) is 10.4. The number of unbranched alkanes of at least 4 members (excludes halogenated alkanes) is 2. The first kappa shape index (κ1) is 31.5. The van der Waals surface area contributed by atoms with Gasteiger partial charge in [0.25, 0.3) is 5.78 Å². The van der Waals surface area contributed by atoms with E-state index >= 15 is 0 Å². The predicted octanol–water partition coefficient (Wildman–Crippen LogP) is 6.78. The average molecular weight is 605 g/mol. The molecule has 1 aliphatic heterocycles. The summed E-state index contributed by atoms with van der Waals surface area (Å²) in [5.41, 5.74) is 1.14. The SMILES string of the molecule is C=CCOC(=O)c1sc(N2C(=O)C(=O)/C(=C(/O)c3cccc(OCCC)c3)C2c2ccc(OCCCCC)cc2)nc1C. The summed E-state index contributed by atoms with van der Waals surface area (Å²) in [7, 11) is 0. The van der Waals surface area contributed by atoms with Crippen LogP contribution in [0.25, 0.3) is 5.76 Å². The first-order valence-electron chi connectivity index (χ1n) is 14.3. The Morgan fingerprint density at radius 1 is 1.05 bits per heavy atom. The van der Waals surface area contributed by atoms with Crippen molar-refractivity contribution < 1.29 is 33.7 Å². The second-order valence-corrected chi connectivity index (χ2v) is 10.9. The number of Topliss-reactive ketones (excluding diaryl/α,β-unsaturated/α-hetero) is 1. The lowest BCUT2D eigenvalue weighted by molar-refractivity contribution is -0.132. The minimum Gasteiger partial charge on any atom is -0.507 e. The Kier molecular flexibility index (Phi) is 10.7. The number of ether oxygens (including phenoxy) is 3. The quantitative estimate of drug-likeness (QED) is 0.0535. The Morgan fingerprint density at radius 2 is 1.79 bits per heavy atom. The zero-order valence-electron chi connectivity index (χ0n) is 24.6. The van der Waals surface area contributed by atoms with Crippen LogP contribution in [0.1, 0.15) is 72.1 Å². The molecule has 10 heteroatoms. The Morgan fingerprint density at radius 3 is 2.49 bits per heavy atom. The Bertz CT molecular complexity index is 1510. The number of amides is 1. The normalized spacial score (nSPS) is 15.9. The summed E-state index contributed by atoms with van der Waals surface area (Å²) in [4.78, 5) is 45.7. The van der Waals surface area contributed by atoms with Crippen LogP contribution in [0.2, 0.25) is 0 Å². The topological polar surface area (TPSA) is 115 Å². The molecule has 9 nitrogen and oxygen atoms in total. The van der Waals surface area contributed by atoms with Gasteiger partial charge in [0, 0.05) is 5.56 Å². The van der Waals surface area contributed by atoms with Gasteiger partial charge in [-0.1, -0.05) is 74.9 Å². The fraction of sp³-hybridized carbons (Fsp3) is 0.333. The van der Waals surface area contributed by atoms with Gasteiger partial charge in [0.15, 0.2) is 5.13 Å². The van der Waals surface area contributed by atoms with Gasteiger partial charge >= 0.3 is 11.9 Å². The number of carbonyl (C=O) groups is 3. The highest BCUT2D eigenvalue weighted by Crippen LogP contribution is 2.44. The van der Waals surface area contributed by atoms with Crippen LogP contribution < -0.4 is 14.4 Å². The second kappa shape index (κ2) is 14.6. The number of aromatic nitrogens is 1. The number of anilines is 1. The van der Waals surface area contributed by atoms with Crippen molar-refractivity contribution in [3.05, 3.63) is 88.5 Å². The van der Waals surface area contributed by atoms with E-state index in [1.807, 2.05) is 6.92 Å². The smallest absolute Gasteiger partial charge is 0.350 e. The highest BCUT2D eigenvalue weighted by Gasteiger charge is 2.48. The van der Waals surface area contributed by atoms with Crippen LogP contribution in [-0.4, -0.2) is 47.6 Å². The highest BCUT2D eigenvalue weighted by atomic mass is 32.1. The lowest BCUT2D eigenvalue weighted by Gasteiger charge is -2.23. The van der Waals surface area contributed by atoms with Crippen molar-refractivity contribution in [2.45, 2.75) is 52.5 Å². The highest BCUT2D eigenvalue weighted by molar-refractivity contribution is 7.17. The first-order valence-corrected chi connectivity index (χ1v) is 15.1. The molecule has 0 radical (unpaired) electrons. The molecular formula is C33H36N2O7S. The van der Waals surface area contributed by atoms with Crippen molar-refractivity contribution in [2.75, 3.05) is 24.7 Å². The number of aryl methyl sites for hydroxylation is 1. The summed E-state index contributed by atoms with van der Waals surface area (Å²) in [5, 5.41) is 11.7. The maximum atomic E-state index is 13.6. The van der Waals surface area contributed by atoms with Crippen LogP contribution in [0.3, 0.4) is 0 Å². The Labute approximate surface area is 255 Å². The Hall–Kier alpha value is -4.44. The van der Waals surface area contributed by atoms with Gasteiger partial charge in [0.05, 0.1) is 30.5 Å². The fourth-order valence-electron chi connectivity index (χ4n) is 4.62. The standard InChI is InChI=1S/C33H36N2O7S/c1-5-8-9-19-41-24-15-13-22(14-16-24)27-26(28(36)23-11-10-12-25(20-23)40-17-6-2)29(37)31(38)35(27)33-34-21(4)30(43-33)32(39)42-18-7-3/h7,10-16,20,27,36H,3,5-6,8-9,17-19H2,1-2,4H3/b28-26+. The number of thiazole rings is 1. The number of carbonyl (C=O) groups excluding carboxylic acids is 3. The fourth-order valence-corrected chi connectivity index (χ4v) is 5.60. The first-order chi connectivity index (χ1) is 20.8. The molecule has 4 rings (SSSR count). The molecule has 2 aromatic carbocycles. The van der Waals surface area contributed by atoms with Crippen LogP contribution in [0.5, 0.6) is 11.5 Å². The van der Waals surface area contributed by atoms with Crippen LogP contribution in [0, 0.1) is 6.92 Å². The van der Waals surface area contributed by atoms with E-state index in [1.54, 1.807) is 55.5 Å². The third-order valence-electron chi connectivity index (χ3n) is 6.75. The number of ketones is 1. The molecule has 0 bridgehead atoms. The molecule has 1 atom stereocenters. The zero-order valence-corrected chi connectivity index (χ0v) is 25.4. The molecule has 43 heavy (non-hydrogen) atoms. The van der Waals surface area contributed by atoms with E-state index in [4.69, 9.17) is 14.2 Å². The van der Waals surface area contributed by atoms with Crippen LogP contribution in [0.4, 0.5) is 5.13 Å². The van der Waals surface area contributed by atoms with Crippen LogP contribution >= 0.6 is 11.3 Å². The molecule has 0 aliphatic carbocycles. The number of hydrogen-bond acceptors (Lipinski definition) is 9. The van der Waals surface area contributed by atoms with Gasteiger partial charge in [-0.25, -0.2) is 9.78 Å². The van der Waals surface area contributed by atoms with E-state index in [2.05, 4.69) is 18.5 Å². The molecule has 2 heterocycles. The predicted molar refractivity (Wildman–Crippen MR) is 166 cm³/mol. The summed E-state index contributed by atoms with van der Waals surface area (Å²) in [6, 6.07) is 12.8. The summed E-state index contributed by atoms with van der Waals surface area (Å²) in [6.07, 6.45) is 5.33. The van der Waals surface area contributed by atoms with Gasteiger partial charge in [-0.2, -0.15) is 0 Å². The number of benzene rings is 2. The molecule has 1 fully saturated rings. The lowest BCUT2D eigenvalue weighted by atomic mass is 9.95. The van der Waals surface area contributed by atoms with Crippen molar-refractivity contribution >= 4 is 39.9 Å². The number of esters is 1. The van der Waals surface area contributed by atoms with E-state index in [1.165, 1.54) is 11.0 Å². The number of rotatable bonds is 14. The van der Waals surface area contributed by atoms with Gasteiger partial charge in [-0.3, -0.25) is 14.5 Å². The van der Waals surface area contributed by atoms with Crippen molar-refractivity contribution in [3.63, 3.8) is 0 Å². The van der Waals surface area contributed by atoms with E-state index in [-0.39, 0.29) is 27.9 Å². The number of nitrogens with zero attached hydrogens (tertiary/aromatic N) is 2. The molecule has 1 unspecified atom stereocenters. The third-order valence-corrected chi connectivity index (χ3v) is 7.88. The lowest BCUT2D eigenvalue weighted by Crippen LogP contribution is -2.29. The van der Waals surface area contributed by atoms with Gasteiger partial charge in [0.1, 0.15) is 28.7 Å². The number of hydrogen-bond donors (Lipinski definition) is 1. The zero-order chi connectivity index (χ0) is 30.9. The maximum Gasteiger partial charge on any atom is 0.350 e. The average Bonchev–Trinajstić information content (AvgIpc) is 3.53. The molecular weight excluding hydrogens is 568 g/mol. The minimum atomic E-state index is -1.02. The summed E-state index contributed by atoms with van der Waals surface area (Å²) < 4.78 is 16.8. The molecule has 1 saturated heterocycles. The van der Waals surface area contributed by atoms with Crippen LogP contribution in [-0.2, 0) is 14.3 Å².